The van der Waals surface area contributed by atoms with Crippen molar-refractivity contribution in [3.8, 4) is 5.75 Å². The van der Waals surface area contributed by atoms with E-state index in [9.17, 15) is 4.79 Å². The number of anilines is 1. The highest BCUT2D eigenvalue weighted by molar-refractivity contribution is 5.95. The van der Waals surface area contributed by atoms with Crippen molar-refractivity contribution in [2.75, 3.05) is 38.2 Å². The predicted octanol–water partition coefficient (Wildman–Crippen LogP) is 3.46. The largest absolute Gasteiger partial charge is 0.497 e. The molecule has 1 fully saturated rings. The number of carbonyl (C=O) groups is 1. The maximum absolute atomic E-state index is 13.2. The fourth-order valence-electron chi connectivity index (χ4n) is 3.99. The molecule has 1 aliphatic heterocycles. The fourth-order valence-corrected chi connectivity index (χ4v) is 3.99. The van der Waals surface area contributed by atoms with Crippen LogP contribution in [0.2, 0.25) is 0 Å². The van der Waals surface area contributed by atoms with Gasteiger partial charge in [-0.1, -0.05) is 37.3 Å². The summed E-state index contributed by atoms with van der Waals surface area (Å²) >= 11 is 0. The van der Waals surface area contributed by atoms with Crippen molar-refractivity contribution in [3.63, 3.8) is 0 Å². The second-order valence-corrected chi connectivity index (χ2v) is 7.48. The number of rotatable bonds is 6. The lowest BCUT2D eigenvalue weighted by molar-refractivity contribution is 0.0745. The third kappa shape index (κ3) is 4.17. The normalized spacial score (nSPS) is 14.1. The van der Waals surface area contributed by atoms with Crippen LogP contribution in [0, 0.1) is 0 Å². The second kappa shape index (κ2) is 9.03. The molecule has 1 aromatic heterocycles. The van der Waals surface area contributed by atoms with Crippen molar-refractivity contribution < 1.29 is 9.53 Å². The predicted molar refractivity (Wildman–Crippen MR) is 118 cm³/mol. The third-order valence-corrected chi connectivity index (χ3v) is 5.69. The fraction of sp³-hybridized carbons (Fsp3) is 0.333. The topological polar surface area (TPSA) is 50.6 Å². The van der Waals surface area contributed by atoms with E-state index >= 15 is 0 Å². The maximum atomic E-state index is 13.2. The smallest absolute Gasteiger partial charge is 0.257 e. The minimum Gasteiger partial charge on any atom is -0.497 e. The zero-order valence-corrected chi connectivity index (χ0v) is 17.6. The van der Waals surface area contributed by atoms with E-state index in [1.807, 2.05) is 39.9 Å². The summed E-state index contributed by atoms with van der Waals surface area (Å²) in [4.78, 5) is 17.5. The molecule has 0 saturated carbocycles. The highest BCUT2D eigenvalue weighted by Gasteiger charge is 2.25. The Labute approximate surface area is 177 Å². The Morgan fingerprint density at radius 2 is 1.70 bits per heavy atom. The van der Waals surface area contributed by atoms with Gasteiger partial charge in [-0.2, -0.15) is 5.10 Å². The summed E-state index contributed by atoms with van der Waals surface area (Å²) in [5.74, 6) is 0.938. The van der Waals surface area contributed by atoms with Crippen LogP contribution in [0.3, 0.4) is 0 Å². The van der Waals surface area contributed by atoms with Crippen LogP contribution in [0.25, 0.3) is 0 Å². The van der Waals surface area contributed by atoms with Crippen LogP contribution in [-0.2, 0) is 13.0 Å². The molecule has 1 aliphatic rings. The van der Waals surface area contributed by atoms with E-state index in [4.69, 9.17) is 4.74 Å². The monoisotopic (exact) mass is 404 g/mol. The first-order chi connectivity index (χ1) is 14.7. The van der Waals surface area contributed by atoms with E-state index in [-0.39, 0.29) is 5.91 Å². The maximum Gasteiger partial charge on any atom is 0.257 e. The summed E-state index contributed by atoms with van der Waals surface area (Å²) in [6, 6.07) is 18.3. The van der Waals surface area contributed by atoms with Gasteiger partial charge in [-0.05, 0) is 36.2 Å². The van der Waals surface area contributed by atoms with Crippen LogP contribution in [0.15, 0.2) is 60.8 Å². The third-order valence-electron chi connectivity index (χ3n) is 5.69. The first-order valence-corrected chi connectivity index (χ1v) is 10.5. The molecule has 30 heavy (non-hydrogen) atoms. The van der Waals surface area contributed by atoms with E-state index in [0.29, 0.717) is 19.6 Å². The molecule has 1 saturated heterocycles. The van der Waals surface area contributed by atoms with Crippen molar-refractivity contribution in [2.24, 2.45) is 0 Å². The molecule has 0 spiro atoms. The zero-order chi connectivity index (χ0) is 20.9. The van der Waals surface area contributed by atoms with Gasteiger partial charge in [0.05, 0.1) is 31.1 Å². The average Bonchev–Trinajstić information content (AvgIpc) is 3.22. The number of ether oxygens (including phenoxy) is 1. The van der Waals surface area contributed by atoms with Crippen LogP contribution < -0.4 is 9.64 Å². The summed E-state index contributed by atoms with van der Waals surface area (Å²) in [6.07, 6.45) is 2.51. The molecule has 156 valence electrons. The van der Waals surface area contributed by atoms with Crippen molar-refractivity contribution in [3.05, 3.63) is 77.6 Å². The number of hydrogen-bond acceptors (Lipinski definition) is 4. The molecule has 6 heteroatoms. The number of aromatic nitrogens is 2. The Morgan fingerprint density at radius 1 is 1.00 bits per heavy atom. The second-order valence-electron chi connectivity index (χ2n) is 7.48. The van der Waals surface area contributed by atoms with Crippen molar-refractivity contribution in [1.29, 1.82) is 0 Å². The van der Waals surface area contributed by atoms with Gasteiger partial charge in [0.2, 0.25) is 0 Å². The highest BCUT2D eigenvalue weighted by Crippen LogP contribution is 2.22. The van der Waals surface area contributed by atoms with Crippen molar-refractivity contribution in [1.82, 2.24) is 14.7 Å². The highest BCUT2D eigenvalue weighted by atomic mass is 16.5. The first kappa shape index (κ1) is 20.0. The summed E-state index contributed by atoms with van der Waals surface area (Å²) in [5, 5.41) is 4.52. The van der Waals surface area contributed by atoms with Crippen molar-refractivity contribution >= 4 is 11.6 Å². The SMILES string of the molecule is CCc1c(C(=O)N2CCN(c3ccc(OC)cc3)CC2)cnn1Cc1ccccc1. The van der Waals surface area contributed by atoms with Gasteiger partial charge in [-0.25, -0.2) is 0 Å². The molecule has 0 radical (unpaired) electrons. The number of amides is 1. The van der Waals surface area contributed by atoms with Crippen LogP contribution >= 0.6 is 0 Å². The van der Waals surface area contributed by atoms with Gasteiger partial charge < -0.3 is 14.5 Å². The van der Waals surface area contributed by atoms with Gasteiger partial charge in [0.15, 0.2) is 0 Å². The standard InChI is InChI=1S/C24H28N4O2/c1-3-23-22(17-25-28(23)18-19-7-5-4-6-8-19)24(29)27-15-13-26(14-16-27)20-9-11-21(30-2)12-10-20/h4-12,17H,3,13-16,18H2,1-2H3. The number of nitrogens with zero attached hydrogens (tertiary/aromatic N) is 4. The number of methoxy groups -OCH3 is 1. The molecule has 0 unspecified atom stereocenters. The van der Waals surface area contributed by atoms with Gasteiger partial charge >= 0.3 is 0 Å². The molecule has 0 bridgehead atoms. The lowest BCUT2D eigenvalue weighted by Crippen LogP contribution is -2.48. The van der Waals surface area contributed by atoms with E-state index in [0.717, 1.165) is 42.2 Å². The quantitative estimate of drug-likeness (QED) is 0.631. The molecule has 4 rings (SSSR count). The van der Waals surface area contributed by atoms with Gasteiger partial charge in [-0.15, -0.1) is 0 Å². The molecule has 1 amide bonds. The van der Waals surface area contributed by atoms with Gasteiger partial charge in [0, 0.05) is 31.9 Å². The zero-order valence-electron chi connectivity index (χ0n) is 17.6. The van der Waals surface area contributed by atoms with Crippen LogP contribution in [0.5, 0.6) is 5.75 Å². The Hall–Kier alpha value is -3.28. The van der Waals surface area contributed by atoms with Crippen LogP contribution in [0.4, 0.5) is 5.69 Å². The molecule has 3 aromatic rings. The minimum absolute atomic E-state index is 0.0838. The van der Waals surface area contributed by atoms with Crippen molar-refractivity contribution in [2.45, 2.75) is 19.9 Å². The lowest BCUT2D eigenvalue weighted by Gasteiger charge is -2.36. The number of piperazine rings is 1. The molecule has 2 heterocycles. The Bertz CT molecular complexity index is 974. The van der Waals surface area contributed by atoms with Crippen LogP contribution in [0.1, 0.15) is 28.5 Å². The summed E-state index contributed by atoms with van der Waals surface area (Å²) in [6.45, 7) is 5.81. The van der Waals surface area contributed by atoms with E-state index in [2.05, 4.69) is 41.2 Å². The molecular formula is C24H28N4O2. The Morgan fingerprint density at radius 3 is 2.33 bits per heavy atom. The van der Waals surface area contributed by atoms with E-state index in [1.54, 1.807) is 13.3 Å². The molecule has 2 aromatic carbocycles. The van der Waals surface area contributed by atoms with E-state index in [1.165, 1.54) is 5.56 Å². The van der Waals surface area contributed by atoms with Gasteiger partial charge in [-0.3, -0.25) is 9.48 Å². The summed E-state index contributed by atoms with van der Waals surface area (Å²) in [7, 11) is 1.67. The van der Waals surface area contributed by atoms with Gasteiger partial charge in [0.25, 0.3) is 5.91 Å². The minimum atomic E-state index is 0.0838. The lowest BCUT2D eigenvalue weighted by atomic mass is 10.1. The van der Waals surface area contributed by atoms with Gasteiger partial charge in [0.1, 0.15) is 5.75 Å². The summed E-state index contributed by atoms with van der Waals surface area (Å²) in [5.41, 5.74) is 4.07. The summed E-state index contributed by atoms with van der Waals surface area (Å²) < 4.78 is 7.19. The Balaban J connectivity index is 1.42. The molecular weight excluding hydrogens is 376 g/mol. The number of benzene rings is 2. The van der Waals surface area contributed by atoms with E-state index < -0.39 is 0 Å². The molecule has 0 atom stereocenters. The average molecular weight is 405 g/mol. The number of carbonyl (C=O) groups excluding carboxylic acids is 1. The molecule has 0 N–H and O–H groups in total. The van der Waals surface area contributed by atoms with Crippen LogP contribution in [-0.4, -0.2) is 53.9 Å². The Kier molecular flexibility index (Phi) is 6.02. The first-order valence-electron chi connectivity index (χ1n) is 10.5. The molecule has 6 nitrogen and oxygen atoms in total. The number of hydrogen-bond donors (Lipinski definition) is 0. The molecule has 0 aliphatic carbocycles.